The second-order valence-electron chi connectivity index (χ2n) is 3.94. The molecule has 0 aromatic rings. The fraction of sp³-hybridized carbons (Fsp3) is 0.875. The van der Waals surface area contributed by atoms with E-state index in [0.717, 1.165) is 6.54 Å². The minimum absolute atomic E-state index is 0.0124. The summed E-state index contributed by atoms with van der Waals surface area (Å²) in [6.45, 7) is 7.01. The molecule has 11 heavy (non-hydrogen) atoms. The van der Waals surface area contributed by atoms with Crippen molar-refractivity contribution in [3.05, 3.63) is 0 Å². The zero-order valence-electron chi connectivity index (χ0n) is 7.65. The molecule has 0 saturated carbocycles. The van der Waals surface area contributed by atoms with Gasteiger partial charge in [-0.05, 0) is 5.41 Å². The topological polar surface area (TPSA) is 20.3 Å². The second kappa shape index (κ2) is 3.96. The number of amides is 1. The zero-order valence-corrected chi connectivity index (χ0v) is 8.40. The van der Waals surface area contributed by atoms with Crippen LogP contribution < -0.4 is 0 Å². The van der Waals surface area contributed by atoms with Crippen molar-refractivity contribution in [3.8, 4) is 0 Å². The van der Waals surface area contributed by atoms with Crippen LogP contribution in [0.15, 0.2) is 0 Å². The minimum Gasteiger partial charge on any atom is -0.344 e. The second-order valence-corrected chi connectivity index (χ2v) is 4.21. The molecule has 0 radical (unpaired) electrons. The lowest BCUT2D eigenvalue weighted by Crippen LogP contribution is -2.35. The van der Waals surface area contributed by atoms with Crippen molar-refractivity contribution in [2.45, 2.75) is 20.8 Å². The maximum atomic E-state index is 11.0. The van der Waals surface area contributed by atoms with Gasteiger partial charge in [-0.25, -0.2) is 0 Å². The van der Waals surface area contributed by atoms with Gasteiger partial charge in [-0.2, -0.15) is 0 Å². The van der Waals surface area contributed by atoms with E-state index < -0.39 is 0 Å². The van der Waals surface area contributed by atoms with Crippen LogP contribution in [-0.4, -0.2) is 30.3 Å². The van der Waals surface area contributed by atoms with Crippen LogP contribution in [0.2, 0.25) is 0 Å². The number of carbonyl (C=O) groups excluding carboxylic acids is 1. The van der Waals surface area contributed by atoms with Gasteiger partial charge in [0.05, 0.1) is 0 Å². The number of hydrogen-bond donors (Lipinski definition) is 0. The van der Waals surface area contributed by atoms with E-state index in [-0.39, 0.29) is 17.2 Å². The maximum absolute atomic E-state index is 11.0. The quantitative estimate of drug-likeness (QED) is 0.589. The first-order valence-corrected chi connectivity index (χ1v) is 4.20. The summed E-state index contributed by atoms with van der Waals surface area (Å²) in [7, 11) is 1.77. The van der Waals surface area contributed by atoms with Crippen LogP contribution in [0.25, 0.3) is 0 Å². The minimum atomic E-state index is -0.0124. The van der Waals surface area contributed by atoms with Crippen molar-refractivity contribution in [1.82, 2.24) is 4.90 Å². The Balaban J connectivity index is 3.87. The van der Waals surface area contributed by atoms with Gasteiger partial charge in [-0.3, -0.25) is 4.79 Å². The van der Waals surface area contributed by atoms with E-state index in [1.54, 1.807) is 11.9 Å². The lowest BCUT2D eigenvalue weighted by atomic mass is 9.96. The van der Waals surface area contributed by atoms with Gasteiger partial charge in [0.2, 0.25) is 5.91 Å². The third kappa shape index (κ3) is 5.08. The Morgan fingerprint density at radius 1 is 1.45 bits per heavy atom. The highest BCUT2D eigenvalue weighted by molar-refractivity contribution is 6.27. The third-order valence-electron chi connectivity index (χ3n) is 1.25. The van der Waals surface area contributed by atoms with Crippen LogP contribution >= 0.6 is 11.6 Å². The molecule has 0 spiro atoms. The van der Waals surface area contributed by atoms with E-state index in [2.05, 4.69) is 20.8 Å². The molecule has 0 aliphatic heterocycles. The van der Waals surface area contributed by atoms with Gasteiger partial charge in [0.1, 0.15) is 5.88 Å². The van der Waals surface area contributed by atoms with Crippen LogP contribution in [0, 0.1) is 5.41 Å². The van der Waals surface area contributed by atoms with Crippen LogP contribution in [0.3, 0.4) is 0 Å². The summed E-state index contributed by atoms with van der Waals surface area (Å²) in [6.07, 6.45) is 0. The third-order valence-corrected chi connectivity index (χ3v) is 1.48. The summed E-state index contributed by atoms with van der Waals surface area (Å²) < 4.78 is 0. The molecule has 0 heterocycles. The number of nitrogens with zero attached hydrogens (tertiary/aromatic N) is 1. The van der Waals surface area contributed by atoms with Gasteiger partial charge in [-0.1, -0.05) is 20.8 Å². The molecule has 0 aliphatic carbocycles. The molecule has 0 rings (SSSR count). The van der Waals surface area contributed by atoms with Gasteiger partial charge >= 0.3 is 0 Å². The predicted molar refractivity (Wildman–Crippen MR) is 47.8 cm³/mol. The van der Waals surface area contributed by atoms with Crippen molar-refractivity contribution < 1.29 is 4.79 Å². The summed E-state index contributed by atoms with van der Waals surface area (Å²) in [4.78, 5) is 12.6. The van der Waals surface area contributed by atoms with Gasteiger partial charge in [-0.15, -0.1) is 11.6 Å². The van der Waals surface area contributed by atoms with Gasteiger partial charge in [0.25, 0.3) is 0 Å². The van der Waals surface area contributed by atoms with Crippen LogP contribution in [0.4, 0.5) is 0 Å². The molecule has 1 amide bonds. The lowest BCUT2D eigenvalue weighted by Gasteiger charge is -2.25. The molecule has 0 N–H and O–H groups in total. The molecular formula is C8H16ClNO. The summed E-state index contributed by atoms with van der Waals surface area (Å²) in [6, 6.07) is 0. The van der Waals surface area contributed by atoms with Crippen LogP contribution in [-0.2, 0) is 4.79 Å². The van der Waals surface area contributed by atoms with Gasteiger partial charge in [0, 0.05) is 13.6 Å². The number of rotatable bonds is 2. The summed E-state index contributed by atoms with van der Waals surface area (Å²) in [5, 5.41) is 0. The molecule has 3 heteroatoms. The van der Waals surface area contributed by atoms with Crippen molar-refractivity contribution in [1.29, 1.82) is 0 Å². The summed E-state index contributed by atoms with van der Waals surface area (Å²) in [5.41, 5.74) is 0.149. The zero-order chi connectivity index (χ0) is 9.07. The van der Waals surface area contributed by atoms with E-state index in [9.17, 15) is 4.79 Å². The average Bonchev–Trinajstić information content (AvgIpc) is 1.82. The van der Waals surface area contributed by atoms with Gasteiger partial charge < -0.3 is 4.90 Å². The Morgan fingerprint density at radius 2 is 1.91 bits per heavy atom. The molecular weight excluding hydrogens is 162 g/mol. The molecule has 0 bridgehead atoms. The van der Waals surface area contributed by atoms with E-state index in [1.165, 1.54) is 0 Å². The van der Waals surface area contributed by atoms with Crippen LogP contribution in [0.1, 0.15) is 20.8 Å². The van der Waals surface area contributed by atoms with E-state index in [0.29, 0.717) is 0 Å². The molecule has 0 atom stereocenters. The predicted octanol–water partition coefficient (Wildman–Crippen LogP) is 1.73. The highest BCUT2D eigenvalue weighted by Crippen LogP contribution is 2.14. The number of halogens is 1. The Labute approximate surface area is 73.5 Å². The van der Waals surface area contributed by atoms with Gasteiger partial charge in [0.15, 0.2) is 0 Å². The highest BCUT2D eigenvalue weighted by Gasteiger charge is 2.16. The fourth-order valence-electron chi connectivity index (χ4n) is 0.902. The Bertz CT molecular complexity index is 140. The smallest absolute Gasteiger partial charge is 0.237 e. The average molecular weight is 178 g/mol. The Hall–Kier alpha value is -0.240. The fourth-order valence-corrected chi connectivity index (χ4v) is 1.11. The number of alkyl halides is 1. The molecule has 0 saturated heterocycles. The number of carbonyl (C=O) groups is 1. The first-order valence-electron chi connectivity index (χ1n) is 3.67. The van der Waals surface area contributed by atoms with E-state index >= 15 is 0 Å². The molecule has 2 nitrogen and oxygen atoms in total. The molecule has 0 aromatic heterocycles. The molecule has 0 fully saturated rings. The highest BCUT2D eigenvalue weighted by atomic mass is 35.5. The van der Waals surface area contributed by atoms with Crippen molar-refractivity contribution in [2.24, 2.45) is 5.41 Å². The number of hydrogen-bond acceptors (Lipinski definition) is 1. The molecule has 0 aromatic carbocycles. The van der Waals surface area contributed by atoms with E-state index in [1.807, 2.05) is 0 Å². The van der Waals surface area contributed by atoms with Crippen LogP contribution in [0.5, 0.6) is 0 Å². The molecule has 0 unspecified atom stereocenters. The van der Waals surface area contributed by atoms with Crippen molar-refractivity contribution in [3.63, 3.8) is 0 Å². The first kappa shape index (κ1) is 10.8. The van der Waals surface area contributed by atoms with E-state index in [4.69, 9.17) is 11.6 Å². The Morgan fingerprint density at radius 3 is 2.18 bits per heavy atom. The largest absolute Gasteiger partial charge is 0.344 e. The molecule has 0 aliphatic rings. The molecule has 66 valence electrons. The van der Waals surface area contributed by atoms with Crippen molar-refractivity contribution >= 4 is 17.5 Å². The normalized spacial score (nSPS) is 11.4. The summed E-state index contributed by atoms with van der Waals surface area (Å²) >= 11 is 5.38. The van der Waals surface area contributed by atoms with Crippen molar-refractivity contribution in [2.75, 3.05) is 19.5 Å². The first-order chi connectivity index (χ1) is 4.87. The lowest BCUT2D eigenvalue weighted by molar-refractivity contribution is -0.128. The standard InChI is InChI=1S/C8H16ClNO/c1-8(2,3)6-10(4)7(11)5-9/h5-6H2,1-4H3. The monoisotopic (exact) mass is 177 g/mol. The SMILES string of the molecule is CN(CC(C)(C)C)C(=O)CCl. The maximum Gasteiger partial charge on any atom is 0.237 e. The summed E-state index contributed by atoms with van der Waals surface area (Å²) in [5.74, 6) is 0.0636. The Kier molecular flexibility index (Phi) is 3.87.